The number of benzene rings is 2. The zero-order chi connectivity index (χ0) is 19.8. The lowest BCUT2D eigenvalue weighted by Crippen LogP contribution is -2.40. The van der Waals surface area contributed by atoms with Gasteiger partial charge in [-0.3, -0.25) is 4.90 Å². The minimum absolute atomic E-state index is 0.737. The third-order valence-electron chi connectivity index (χ3n) is 4.94. The van der Waals surface area contributed by atoms with Crippen LogP contribution in [-0.2, 0) is 11.3 Å². The van der Waals surface area contributed by atoms with E-state index in [1.165, 1.54) is 5.56 Å². The number of anilines is 1. The molecule has 2 aromatic carbocycles. The van der Waals surface area contributed by atoms with Crippen LogP contribution in [0.25, 0.3) is 0 Å². The number of para-hydroxylation sites is 1. The van der Waals surface area contributed by atoms with Crippen LogP contribution in [0.4, 0.5) is 5.69 Å². The van der Waals surface area contributed by atoms with Crippen molar-refractivity contribution in [1.29, 1.82) is 0 Å². The summed E-state index contributed by atoms with van der Waals surface area (Å²) in [6, 6.07) is 16.2. The summed E-state index contributed by atoms with van der Waals surface area (Å²) in [5.74, 6) is 0. The van der Waals surface area contributed by atoms with Gasteiger partial charge in [0.1, 0.15) is 0 Å². The predicted octanol–water partition coefficient (Wildman–Crippen LogP) is 4.57. The molecule has 1 N–H and O–H groups in total. The molecule has 0 radical (unpaired) electrons. The minimum Gasteiger partial charge on any atom is -0.379 e. The number of nitrogens with zero attached hydrogens (tertiary/aromatic N) is 2. The van der Waals surface area contributed by atoms with Gasteiger partial charge in [-0.15, -0.1) is 0 Å². The van der Waals surface area contributed by atoms with Crippen LogP contribution in [-0.4, -0.2) is 54.3 Å². The van der Waals surface area contributed by atoms with Gasteiger partial charge in [0.2, 0.25) is 0 Å². The maximum absolute atomic E-state index is 6.18. The van der Waals surface area contributed by atoms with Crippen molar-refractivity contribution in [3.05, 3.63) is 64.7 Å². The van der Waals surface area contributed by atoms with Crippen molar-refractivity contribution in [2.75, 3.05) is 44.7 Å². The topological polar surface area (TPSA) is 27.7 Å². The molecule has 1 aliphatic rings. The van der Waals surface area contributed by atoms with E-state index < -0.39 is 0 Å². The molecule has 3 rings (SSSR count). The van der Waals surface area contributed by atoms with Crippen molar-refractivity contribution in [2.24, 2.45) is 0 Å². The molecule has 0 unspecified atom stereocenters. The molecule has 1 heterocycles. The summed E-state index contributed by atoms with van der Waals surface area (Å²) in [7, 11) is 0. The van der Waals surface area contributed by atoms with E-state index in [2.05, 4.69) is 40.2 Å². The average molecular weight is 418 g/mol. The lowest BCUT2D eigenvalue weighted by atomic mass is 10.2. The second-order valence-corrected chi connectivity index (χ2v) is 7.93. The van der Waals surface area contributed by atoms with Crippen molar-refractivity contribution in [3.63, 3.8) is 0 Å². The van der Waals surface area contributed by atoms with Crippen molar-refractivity contribution >= 4 is 34.6 Å². The standard InChI is InChI=1S/C22H28ClN3OS/c1-18-6-2-3-9-21(18)24-22(28)26(17-19-7-4-8-20(23)16-19)11-5-10-25-12-14-27-15-13-25/h2-4,6-9,16H,5,10-15,17H2,1H3,(H,24,28). The number of ether oxygens (including phenoxy) is 1. The van der Waals surface area contributed by atoms with Crippen molar-refractivity contribution in [1.82, 2.24) is 9.80 Å². The Kier molecular flexibility index (Phi) is 8.10. The van der Waals surface area contributed by atoms with Gasteiger partial charge in [-0.05, 0) is 54.9 Å². The molecule has 6 heteroatoms. The van der Waals surface area contributed by atoms with Gasteiger partial charge in [-0.2, -0.15) is 0 Å². The zero-order valence-electron chi connectivity index (χ0n) is 16.4. The molecule has 1 saturated heterocycles. The Balaban J connectivity index is 1.64. The zero-order valence-corrected chi connectivity index (χ0v) is 17.9. The Bertz CT molecular complexity index is 780. The first-order valence-electron chi connectivity index (χ1n) is 9.78. The molecule has 0 aromatic heterocycles. The van der Waals surface area contributed by atoms with Crippen LogP contribution in [0.1, 0.15) is 17.5 Å². The lowest BCUT2D eigenvalue weighted by Gasteiger charge is -2.30. The molecule has 0 atom stereocenters. The van der Waals surface area contributed by atoms with Gasteiger partial charge in [0.15, 0.2) is 5.11 Å². The molecular formula is C22H28ClN3OS. The highest BCUT2D eigenvalue weighted by atomic mass is 35.5. The number of rotatable bonds is 7. The number of nitrogens with one attached hydrogen (secondary N) is 1. The van der Waals surface area contributed by atoms with Crippen molar-refractivity contribution < 1.29 is 4.74 Å². The third kappa shape index (κ3) is 6.45. The van der Waals surface area contributed by atoms with E-state index in [0.29, 0.717) is 0 Å². The van der Waals surface area contributed by atoms with Crippen molar-refractivity contribution in [3.8, 4) is 0 Å². The highest BCUT2D eigenvalue weighted by Crippen LogP contribution is 2.17. The molecule has 0 spiro atoms. The van der Waals surface area contributed by atoms with Crippen LogP contribution in [0.3, 0.4) is 0 Å². The molecular weight excluding hydrogens is 390 g/mol. The van der Waals surface area contributed by atoms with E-state index in [9.17, 15) is 0 Å². The van der Waals surface area contributed by atoms with E-state index in [1.54, 1.807) is 0 Å². The Hall–Kier alpha value is -1.66. The van der Waals surface area contributed by atoms with E-state index in [4.69, 9.17) is 28.6 Å². The monoisotopic (exact) mass is 417 g/mol. The fraction of sp³-hybridized carbons (Fsp3) is 0.409. The first-order valence-corrected chi connectivity index (χ1v) is 10.6. The Morgan fingerprint density at radius 2 is 1.96 bits per heavy atom. The number of thiocarbonyl (C=S) groups is 1. The fourth-order valence-corrected chi connectivity index (χ4v) is 3.80. The Morgan fingerprint density at radius 1 is 1.18 bits per heavy atom. The third-order valence-corrected chi connectivity index (χ3v) is 5.54. The largest absolute Gasteiger partial charge is 0.379 e. The number of hydrogen-bond donors (Lipinski definition) is 1. The fourth-order valence-electron chi connectivity index (χ4n) is 3.33. The summed E-state index contributed by atoms with van der Waals surface area (Å²) in [6.07, 6.45) is 1.05. The van der Waals surface area contributed by atoms with Crippen LogP contribution in [0.2, 0.25) is 5.02 Å². The van der Waals surface area contributed by atoms with Crippen LogP contribution >= 0.6 is 23.8 Å². The molecule has 1 fully saturated rings. The van der Waals surface area contributed by atoms with Gasteiger partial charge in [0.25, 0.3) is 0 Å². The second-order valence-electron chi connectivity index (χ2n) is 7.10. The summed E-state index contributed by atoms with van der Waals surface area (Å²) in [4.78, 5) is 4.69. The highest BCUT2D eigenvalue weighted by molar-refractivity contribution is 7.80. The minimum atomic E-state index is 0.737. The maximum Gasteiger partial charge on any atom is 0.173 e. The average Bonchev–Trinajstić information content (AvgIpc) is 2.70. The van der Waals surface area contributed by atoms with E-state index >= 15 is 0 Å². The lowest BCUT2D eigenvalue weighted by molar-refractivity contribution is 0.0368. The summed E-state index contributed by atoms with van der Waals surface area (Å²) < 4.78 is 5.44. The molecule has 28 heavy (non-hydrogen) atoms. The first kappa shape index (κ1) is 21.1. The molecule has 0 aliphatic carbocycles. The maximum atomic E-state index is 6.18. The van der Waals surface area contributed by atoms with Crippen LogP contribution in [0.5, 0.6) is 0 Å². The van der Waals surface area contributed by atoms with Crippen LogP contribution in [0.15, 0.2) is 48.5 Å². The number of morpholine rings is 1. The van der Waals surface area contributed by atoms with Crippen molar-refractivity contribution in [2.45, 2.75) is 19.9 Å². The Morgan fingerprint density at radius 3 is 2.71 bits per heavy atom. The molecule has 2 aromatic rings. The van der Waals surface area contributed by atoms with E-state index in [1.807, 2.05) is 30.3 Å². The first-order chi connectivity index (χ1) is 13.6. The van der Waals surface area contributed by atoms with Crippen LogP contribution < -0.4 is 5.32 Å². The van der Waals surface area contributed by atoms with Gasteiger partial charge >= 0.3 is 0 Å². The molecule has 1 aliphatic heterocycles. The summed E-state index contributed by atoms with van der Waals surface area (Å²) >= 11 is 11.9. The summed E-state index contributed by atoms with van der Waals surface area (Å²) in [6.45, 7) is 8.47. The summed E-state index contributed by atoms with van der Waals surface area (Å²) in [5, 5.41) is 4.92. The molecule has 0 saturated carbocycles. The molecule has 150 valence electrons. The van der Waals surface area contributed by atoms with Gasteiger partial charge in [0, 0.05) is 43.4 Å². The SMILES string of the molecule is Cc1ccccc1NC(=S)N(CCCN1CCOCC1)Cc1cccc(Cl)c1. The predicted molar refractivity (Wildman–Crippen MR) is 121 cm³/mol. The number of halogens is 1. The van der Waals surface area contributed by atoms with Crippen LogP contribution in [0, 0.1) is 6.92 Å². The summed E-state index contributed by atoms with van der Waals surface area (Å²) in [5.41, 5.74) is 3.39. The van der Waals surface area contributed by atoms with Gasteiger partial charge in [0.05, 0.1) is 13.2 Å². The smallest absolute Gasteiger partial charge is 0.173 e. The van der Waals surface area contributed by atoms with E-state index in [0.717, 1.165) is 73.7 Å². The van der Waals surface area contributed by atoms with Gasteiger partial charge in [-0.25, -0.2) is 0 Å². The Labute approximate surface area is 178 Å². The van der Waals surface area contributed by atoms with Gasteiger partial charge < -0.3 is 15.0 Å². The second kappa shape index (κ2) is 10.8. The van der Waals surface area contributed by atoms with Gasteiger partial charge in [-0.1, -0.05) is 41.9 Å². The normalized spacial score (nSPS) is 14.6. The quantitative estimate of drug-likeness (QED) is 0.666. The highest BCUT2D eigenvalue weighted by Gasteiger charge is 2.14. The number of hydrogen-bond acceptors (Lipinski definition) is 3. The number of aryl methyl sites for hydroxylation is 1. The molecule has 4 nitrogen and oxygen atoms in total. The molecule has 0 amide bonds. The molecule has 0 bridgehead atoms. The van der Waals surface area contributed by atoms with E-state index in [-0.39, 0.29) is 0 Å².